The van der Waals surface area contributed by atoms with Crippen molar-refractivity contribution in [1.29, 1.82) is 0 Å². The number of nitrogens with two attached hydrogens (primary N) is 1. The van der Waals surface area contributed by atoms with E-state index in [0.717, 1.165) is 5.69 Å². The SMILES string of the molecule is CCC.Cc1nc(N)ccc1Cl. The molecule has 1 heterocycles. The number of aryl methyl sites for hydroxylation is 1. The number of rotatable bonds is 0. The second-order valence-electron chi connectivity index (χ2n) is 2.51. The van der Waals surface area contributed by atoms with Crippen LogP contribution >= 0.6 is 11.6 Å². The van der Waals surface area contributed by atoms with Gasteiger partial charge in [-0.2, -0.15) is 0 Å². The quantitative estimate of drug-likeness (QED) is 0.677. The highest BCUT2D eigenvalue weighted by Gasteiger charge is 1.93. The van der Waals surface area contributed by atoms with E-state index in [4.69, 9.17) is 17.3 Å². The normalized spacial score (nSPS) is 8.67. The molecule has 1 aromatic heterocycles. The summed E-state index contributed by atoms with van der Waals surface area (Å²) in [5, 5.41) is 0.657. The van der Waals surface area contributed by atoms with Crippen LogP contribution in [0.25, 0.3) is 0 Å². The van der Waals surface area contributed by atoms with Crippen molar-refractivity contribution in [3.05, 3.63) is 22.8 Å². The Kier molecular flexibility index (Phi) is 5.47. The number of aromatic nitrogens is 1. The van der Waals surface area contributed by atoms with Gasteiger partial charge in [0.1, 0.15) is 5.82 Å². The van der Waals surface area contributed by atoms with E-state index in [9.17, 15) is 0 Å². The Morgan fingerprint density at radius 2 is 1.92 bits per heavy atom. The van der Waals surface area contributed by atoms with Crippen molar-refractivity contribution in [3.8, 4) is 0 Å². The van der Waals surface area contributed by atoms with Crippen LogP contribution in [0.1, 0.15) is 26.0 Å². The maximum atomic E-state index is 5.66. The third-order valence-electron chi connectivity index (χ3n) is 1.04. The van der Waals surface area contributed by atoms with E-state index in [0.29, 0.717) is 10.8 Å². The molecule has 0 amide bonds. The van der Waals surface area contributed by atoms with Gasteiger partial charge in [0.2, 0.25) is 0 Å². The van der Waals surface area contributed by atoms with Crippen molar-refractivity contribution in [2.24, 2.45) is 0 Å². The number of halogens is 1. The van der Waals surface area contributed by atoms with E-state index in [1.54, 1.807) is 12.1 Å². The van der Waals surface area contributed by atoms with Crippen LogP contribution in [-0.2, 0) is 0 Å². The molecule has 0 spiro atoms. The summed E-state index contributed by atoms with van der Waals surface area (Å²) < 4.78 is 0. The van der Waals surface area contributed by atoms with Crippen LogP contribution in [0.15, 0.2) is 12.1 Å². The molecule has 0 bridgehead atoms. The fourth-order valence-corrected chi connectivity index (χ4v) is 0.669. The van der Waals surface area contributed by atoms with Gasteiger partial charge in [0.15, 0.2) is 0 Å². The first-order valence-corrected chi connectivity index (χ1v) is 4.38. The molecule has 0 saturated heterocycles. The minimum absolute atomic E-state index is 0.511. The lowest BCUT2D eigenvalue weighted by atomic mass is 10.4. The zero-order valence-corrected chi connectivity index (χ0v) is 8.52. The molecule has 1 rings (SSSR count). The van der Waals surface area contributed by atoms with E-state index < -0.39 is 0 Å². The summed E-state index contributed by atoms with van der Waals surface area (Å²) in [7, 11) is 0. The van der Waals surface area contributed by atoms with E-state index >= 15 is 0 Å². The topological polar surface area (TPSA) is 38.9 Å². The average molecular weight is 187 g/mol. The number of pyridine rings is 1. The maximum Gasteiger partial charge on any atom is 0.123 e. The van der Waals surface area contributed by atoms with E-state index in [2.05, 4.69) is 18.8 Å². The first-order chi connectivity index (χ1) is 5.61. The standard InChI is InChI=1S/C6H7ClN2.C3H8/c1-4-5(7)2-3-6(8)9-4;1-3-2/h2-3H,1H3,(H2,8,9);3H2,1-2H3. The monoisotopic (exact) mass is 186 g/mol. The van der Waals surface area contributed by atoms with Crippen LogP contribution in [0.5, 0.6) is 0 Å². The predicted octanol–water partition coefficient (Wildman–Crippen LogP) is 3.04. The maximum absolute atomic E-state index is 5.66. The van der Waals surface area contributed by atoms with E-state index in [-0.39, 0.29) is 0 Å². The molecule has 0 aliphatic heterocycles. The molecule has 0 fully saturated rings. The van der Waals surface area contributed by atoms with Gasteiger partial charge in [0.05, 0.1) is 10.7 Å². The molecule has 12 heavy (non-hydrogen) atoms. The molecule has 0 unspecified atom stereocenters. The van der Waals surface area contributed by atoms with Crippen molar-refractivity contribution in [2.75, 3.05) is 5.73 Å². The van der Waals surface area contributed by atoms with Crippen molar-refractivity contribution in [2.45, 2.75) is 27.2 Å². The molecular formula is C9H15ClN2. The molecule has 68 valence electrons. The molecule has 0 aromatic carbocycles. The lowest BCUT2D eigenvalue weighted by Crippen LogP contribution is -1.90. The van der Waals surface area contributed by atoms with Gasteiger partial charge in [-0.3, -0.25) is 0 Å². The smallest absolute Gasteiger partial charge is 0.123 e. The molecule has 0 radical (unpaired) electrons. The third kappa shape index (κ3) is 4.19. The Morgan fingerprint density at radius 3 is 2.25 bits per heavy atom. The Morgan fingerprint density at radius 1 is 1.42 bits per heavy atom. The molecular weight excluding hydrogens is 172 g/mol. The summed E-state index contributed by atoms with van der Waals surface area (Å²) in [6.45, 7) is 6.07. The van der Waals surface area contributed by atoms with E-state index in [1.165, 1.54) is 6.42 Å². The summed E-state index contributed by atoms with van der Waals surface area (Å²) in [4.78, 5) is 3.92. The Labute approximate surface area is 78.8 Å². The largest absolute Gasteiger partial charge is 0.384 e. The van der Waals surface area contributed by atoms with Crippen LogP contribution in [0.3, 0.4) is 0 Å². The predicted molar refractivity (Wildman–Crippen MR) is 54.4 cm³/mol. The summed E-state index contributed by atoms with van der Waals surface area (Å²) in [5.74, 6) is 0.511. The van der Waals surface area contributed by atoms with Crippen LogP contribution in [0.4, 0.5) is 5.82 Å². The number of nitrogen functional groups attached to an aromatic ring is 1. The number of anilines is 1. The number of hydrogen-bond acceptors (Lipinski definition) is 2. The van der Waals surface area contributed by atoms with Gasteiger partial charge >= 0.3 is 0 Å². The second kappa shape index (κ2) is 5.84. The van der Waals surface area contributed by atoms with Gasteiger partial charge in [-0.15, -0.1) is 0 Å². The van der Waals surface area contributed by atoms with Gasteiger partial charge in [-0.25, -0.2) is 4.98 Å². The zero-order chi connectivity index (χ0) is 9.56. The van der Waals surface area contributed by atoms with Gasteiger partial charge < -0.3 is 5.73 Å². The Bertz CT molecular complexity index is 236. The summed E-state index contributed by atoms with van der Waals surface area (Å²) in [5.41, 5.74) is 6.13. The van der Waals surface area contributed by atoms with Gasteiger partial charge in [-0.1, -0.05) is 31.9 Å². The van der Waals surface area contributed by atoms with Crippen molar-refractivity contribution in [1.82, 2.24) is 4.98 Å². The molecule has 2 nitrogen and oxygen atoms in total. The first-order valence-electron chi connectivity index (χ1n) is 4.00. The van der Waals surface area contributed by atoms with Crippen molar-refractivity contribution < 1.29 is 0 Å². The van der Waals surface area contributed by atoms with Crippen LogP contribution in [-0.4, -0.2) is 4.98 Å². The van der Waals surface area contributed by atoms with Crippen LogP contribution in [0.2, 0.25) is 5.02 Å². The Hall–Kier alpha value is -0.760. The fraction of sp³-hybridized carbons (Fsp3) is 0.444. The average Bonchev–Trinajstić information content (AvgIpc) is 1.99. The molecule has 0 atom stereocenters. The summed E-state index contributed by atoms with van der Waals surface area (Å²) in [6.07, 6.45) is 1.25. The van der Waals surface area contributed by atoms with Crippen molar-refractivity contribution >= 4 is 17.4 Å². The second-order valence-corrected chi connectivity index (χ2v) is 2.92. The molecule has 3 heteroatoms. The zero-order valence-electron chi connectivity index (χ0n) is 7.76. The summed E-state index contributed by atoms with van der Waals surface area (Å²) >= 11 is 5.66. The highest BCUT2D eigenvalue weighted by Crippen LogP contribution is 2.12. The van der Waals surface area contributed by atoms with Gasteiger partial charge in [-0.05, 0) is 19.1 Å². The highest BCUT2D eigenvalue weighted by molar-refractivity contribution is 6.31. The molecule has 1 aromatic rings. The number of hydrogen-bond donors (Lipinski definition) is 1. The molecule has 2 N–H and O–H groups in total. The molecule has 0 aliphatic rings. The minimum atomic E-state index is 0.511. The third-order valence-corrected chi connectivity index (χ3v) is 1.44. The minimum Gasteiger partial charge on any atom is -0.384 e. The number of nitrogens with zero attached hydrogens (tertiary/aromatic N) is 1. The first kappa shape index (κ1) is 11.2. The van der Waals surface area contributed by atoms with Crippen molar-refractivity contribution in [3.63, 3.8) is 0 Å². The lowest BCUT2D eigenvalue weighted by Gasteiger charge is -1.95. The Balaban J connectivity index is 0.000000354. The molecule has 0 aliphatic carbocycles. The fourth-order valence-electron chi connectivity index (χ4n) is 0.563. The van der Waals surface area contributed by atoms with Gasteiger partial charge in [0.25, 0.3) is 0 Å². The molecule has 0 saturated carbocycles. The van der Waals surface area contributed by atoms with Crippen LogP contribution < -0.4 is 5.73 Å². The van der Waals surface area contributed by atoms with Gasteiger partial charge in [0, 0.05) is 0 Å². The van der Waals surface area contributed by atoms with Crippen LogP contribution in [0, 0.1) is 6.92 Å². The highest BCUT2D eigenvalue weighted by atomic mass is 35.5. The van der Waals surface area contributed by atoms with E-state index in [1.807, 2.05) is 6.92 Å². The lowest BCUT2D eigenvalue weighted by molar-refractivity contribution is 1.09. The summed E-state index contributed by atoms with van der Waals surface area (Å²) in [6, 6.07) is 3.41.